The Morgan fingerprint density at radius 2 is 2.21 bits per heavy atom. The van der Waals surface area contributed by atoms with Gasteiger partial charge in [0.15, 0.2) is 0 Å². The second-order valence-electron chi connectivity index (χ2n) is 3.45. The van der Waals surface area contributed by atoms with Gasteiger partial charge in [-0.3, -0.25) is 0 Å². The number of aromatic nitrogens is 2. The molecule has 14 heavy (non-hydrogen) atoms. The van der Waals surface area contributed by atoms with Crippen molar-refractivity contribution in [2.75, 3.05) is 7.11 Å². The van der Waals surface area contributed by atoms with Crippen LogP contribution in [-0.4, -0.2) is 34.0 Å². The third-order valence-electron chi connectivity index (χ3n) is 1.78. The summed E-state index contributed by atoms with van der Waals surface area (Å²) in [6.45, 7) is 3.69. The van der Waals surface area contributed by atoms with Gasteiger partial charge < -0.3 is 14.3 Å². The fraction of sp³-hybridized carbons (Fsp3) is 0.625. The molecule has 78 valence electrons. The summed E-state index contributed by atoms with van der Waals surface area (Å²) in [5, 5.41) is 15.5. The number of methoxy groups -OCH3 is 1. The predicted molar refractivity (Wildman–Crippen MR) is 46.0 cm³/mol. The van der Waals surface area contributed by atoms with Crippen LogP contribution in [0.15, 0.2) is 4.42 Å². The van der Waals surface area contributed by atoms with Crippen LogP contribution >= 0.6 is 0 Å². The average Bonchev–Trinajstić information content (AvgIpc) is 2.52. The molecule has 0 atom stereocenters. The number of carbonyl (C=O) groups is 1. The highest BCUT2D eigenvalue weighted by molar-refractivity contribution is 5.81. The van der Waals surface area contributed by atoms with Crippen molar-refractivity contribution in [3.05, 3.63) is 11.8 Å². The number of hydrogen-bond donors (Lipinski definition) is 1. The van der Waals surface area contributed by atoms with Gasteiger partial charge in [0, 0.05) is 7.11 Å². The molecule has 0 radical (unpaired) electrons. The second kappa shape index (κ2) is 3.75. The van der Waals surface area contributed by atoms with Crippen molar-refractivity contribution < 1.29 is 19.1 Å². The quantitative estimate of drug-likeness (QED) is 0.771. The fourth-order valence-electron chi connectivity index (χ4n) is 0.848. The molecule has 0 fully saturated rings. The third kappa shape index (κ3) is 2.53. The number of rotatable bonds is 4. The fourth-order valence-corrected chi connectivity index (χ4v) is 0.848. The van der Waals surface area contributed by atoms with Gasteiger partial charge in [-0.05, 0) is 13.8 Å². The molecular weight excluding hydrogens is 188 g/mol. The van der Waals surface area contributed by atoms with Gasteiger partial charge in [-0.2, -0.15) is 0 Å². The standard InChI is InChI=1S/C8H12N2O4/c1-8(2,13-3)4-5-9-10-6(14-5)7(11)12/h4H2,1-3H3,(H,11,12). The van der Waals surface area contributed by atoms with E-state index in [9.17, 15) is 4.79 Å². The Hall–Kier alpha value is -1.43. The zero-order chi connectivity index (χ0) is 10.8. The molecule has 6 nitrogen and oxygen atoms in total. The molecule has 0 bridgehead atoms. The van der Waals surface area contributed by atoms with Crippen LogP contribution in [0.5, 0.6) is 0 Å². The van der Waals surface area contributed by atoms with Crippen molar-refractivity contribution >= 4 is 5.97 Å². The molecule has 1 rings (SSSR count). The van der Waals surface area contributed by atoms with Gasteiger partial charge in [-0.1, -0.05) is 0 Å². The van der Waals surface area contributed by atoms with Crippen LogP contribution in [0, 0.1) is 0 Å². The first-order valence-corrected chi connectivity index (χ1v) is 4.05. The lowest BCUT2D eigenvalue weighted by atomic mass is 10.1. The molecule has 0 unspecified atom stereocenters. The summed E-state index contributed by atoms with van der Waals surface area (Å²) in [6.07, 6.45) is 0.379. The van der Waals surface area contributed by atoms with Crippen molar-refractivity contribution in [2.24, 2.45) is 0 Å². The molecule has 0 amide bonds. The first-order chi connectivity index (χ1) is 6.44. The molecule has 0 saturated heterocycles. The van der Waals surface area contributed by atoms with Crippen LogP contribution in [0.25, 0.3) is 0 Å². The summed E-state index contributed by atoms with van der Waals surface area (Å²) in [6, 6.07) is 0. The lowest BCUT2D eigenvalue weighted by Gasteiger charge is -2.19. The third-order valence-corrected chi connectivity index (χ3v) is 1.78. The lowest BCUT2D eigenvalue weighted by Crippen LogP contribution is -2.25. The molecule has 0 aliphatic heterocycles. The van der Waals surface area contributed by atoms with Crippen molar-refractivity contribution in [3.8, 4) is 0 Å². The average molecular weight is 200 g/mol. The van der Waals surface area contributed by atoms with E-state index in [1.165, 1.54) is 0 Å². The number of ether oxygens (including phenoxy) is 1. The largest absolute Gasteiger partial charge is 0.474 e. The molecule has 1 heterocycles. The maximum absolute atomic E-state index is 10.4. The van der Waals surface area contributed by atoms with Gasteiger partial charge in [-0.15, -0.1) is 10.2 Å². The number of nitrogens with zero attached hydrogens (tertiary/aromatic N) is 2. The normalized spacial score (nSPS) is 11.6. The Morgan fingerprint density at radius 1 is 1.57 bits per heavy atom. The van der Waals surface area contributed by atoms with E-state index in [0.29, 0.717) is 6.42 Å². The van der Waals surface area contributed by atoms with Gasteiger partial charge in [-0.25, -0.2) is 4.79 Å². The Kier molecular flexibility index (Phi) is 2.85. The van der Waals surface area contributed by atoms with Gasteiger partial charge in [0.05, 0.1) is 12.0 Å². The van der Waals surface area contributed by atoms with Crippen molar-refractivity contribution in [2.45, 2.75) is 25.9 Å². The van der Waals surface area contributed by atoms with Crippen LogP contribution in [0.4, 0.5) is 0 Å². The van der Waals surface area contributed by atoms with E-state index in [1.807, 2.05) is 13.8 Å². The second-order valence-corrected chi connectivity index (χ2v) is 3.45. The molecule has 0 spiro atoms. The van der Waals surface area contributed by atoms with E-state index in [1.54, 1.807) is 7.11 Å². The SMILES string of the molecule is COC(C)(C)Cc1nnc(C(=O)O)o1. The van der Waals surface area contributed by atoms with Crippen molar-refractivity contribution in [3.63, 3.8) is 0 Å². The van der Waals surface area contributed by atoms with Crippen LogP contribution in [0.1, 0.15) is 30.4 Å². The zero-order valence-corrected chi connectivity index (χ0v) is 8.27. The van der Waals surface area contributed by atoms with Crippen LogP contribution in [0.3, 0.4) is 0 Å². The van der Waals surface area contributed by atoms with E-state index in [2.05, 4.69) is 10.2 Å². The number of aromatic carboxylic acids is 1. The summed E-state index contributed by atoms with van der Waals surface area (Å²) < 4.78 is 10.0. The Bertz CT molecular complexity index is 332. The maximum atomic E-state index is 10.4. The van der Waals surface area contributed by atoms with Crippen molar-refractivity contribution in [1.82, 2.24) is 10.2 Å². The summed E-state index contributed by atoms with van der Waals surface area (Å²) in [4.78, 5) is 10.4. The number of carboxylic acid groups (broad SMARTS) is 1. The minimum Gasteiger partial charge on any atom is -0.474 e. The smallest absolute Gasteiger partial charge is 0.393 e. The molecule has 1 aromatic rings. The highest BCUT2D eigenvalue weighted by atomic mass is 16.5. The summed E-state index contributed by atoms with van der Waals surface area (Å²) in [5.41, 5.74) is -0.442. The number of hydrogen-bond acceptors (Lipinski definition) is 5. The van der Waals surface area contributed by atoms with Gasteiger partial charge >= 0.3 is 11.9 Å². The van der Waals surface area contributed by atoms with E-state index in [4.69, 9.17) is 14.3 Å². The Balaban J connectivity index is 2.73. The molecule has 6 heteroatoms. The van der Waals surface area contributed by atoms with Gasteiger partial charge in [0.25, 0.3) is 0 Å². The van der Waals surface area contributed by atoms with Crippen LogP contribution < -0.4 is 0 Å². The molecule has 1 N–H and O–H groups in total. The van der Waals surface area contributed by atoms with Gasteiger partial charge in [0.1, 0.15) is 0 Å². The molecule has 0 aliphatic carbocycles. The monoisotopic (exact) mass is 200 g/mol. The highest BCUT2D eigenvalue weighted by Crippen LogP contribution is 2.14. The van der Waals surface area contributed by atoms with E-state index in [0.717, 1.165) is 0 Å². The topological polar surface area (TPSA) is 85.5 Å². The Labute approximate surface area is 80.9 Å². The summed E-state index contributed by atoms with van der Waals surface area (Å²) >= 11 is 0. The van der Waals surface area contributed by atoms with Crippen LogP contribution in [0.2, 0.25) is 0 Å². The number of carboxylic acids is 1. The predicted octanol–water partition coefficient (Wildman–Crippen LogP) is 0.735. The van der Waals surface area contributed by atoms with Gasteiger partial charge in [0.2, 0.25) is 5.89 Å². The first kappa shape index (κ1) is 10.6. The maximum Gasteiger partial charge on any atom is 0.393 e. The molecule has 0 saturated carbocycles. The summed E-state index contributed by atoms with van der Waals surface area (Å²) in [5.74, 6) is -1.36. The molecule has 1 aromatic heterocycles. The highest BCUT2D eigenvalue weighted by Gasteiger charge is 2.22. The lowest BCUT2D eigenvalue weighted by molar-refractivity contribution is 0.0176. The van der Waals surface area contributed by atoms with E-state index in [-0.39, 0.29) is 5.89 Å². The first-order valence-electron chi connectivity index (χ1n) is 4.05. The van der Waals surface area contributed by atoms with Crippen LogP contribution in [-0.2, 0) is 11.2 Å². The molecule has 0 aliphatic rings. The van der Waals surface area contributed by atoms with E-state index < -0.39 is 17.5 Å². The molecular formula is C8H12N2O4. The van der Waals surface area contributed by atoms with E-state index >= 15 is 0 Å². The zero-order valence-electron chi connectivity index (χ0n) is 8.27. The summed E-state index contributed by atoms with van der Waals surface area (Å²) in [7, 11) is 1.56. The minimum absolute atomic E-state index is 0.259. The molecule has 0 aromatic carbocycles. The Morgan fingerprint density at radius 3 is 2.64 bits per heavy atom. The van der Waals surface area contributed by atoms with Crippen molar-refractivity contribution in [1.29, 1.82) is 0 Å². The minimum atomic E-state index is -1.22.